The molecule has 106 valence electrons. The molecule has 0 N–H and O–H groups in total. The Kier molecular flexibility index (Phi) is 2.97. The van der Waals surface area contributed by atoms with Gasteiger partial charge in [0, 0.05) is 6.42 Å². The summed E-state index contributed by atoms with van der Waals surface area (Å²) >= 11 is 6.47. The molecule has 1 atom stereocenters. The van der Waals surface area contributed by atoms with Gasteiger partial charge in [0.15, 0.2) is 23.0 Å². The van der Waals surface area contributed by atoms with E-state index in [4.69, 9.17) is 25.5 Å². The lowest BCUT2D eigenvalue weighted by molar-refractivity contribution is 0.174. The van der Waals surface area contributed by atoms with Crippen LogP contribution < -0.4 is 9.47 Å². The van der Waals surface area contributed by atoms with E-state index < -0.39 is 0 Å². The van der Waals surface area contributed by atoms with Gasteiger partial charge in [0.05, 0.1) is 5.38 Å². The van der Waals surface area contributed by atoms with Gasteiger partial charge in [-0.1, -0.05) is 18.2 Å². The van der Waals surface area contributed by atoms with Gasteiger partial charge in [0.1, 0.15) is 5.52 Å². The van der Waals surface area contributed by atoms with Crippen LogP contribution in [0.2, 0.25) is 0 Å². The number of ether oxygens (including phenoxy) is 2. The first kappa shape index (κ1) is 12.5. The molecular formula is C16H12ClNO3. The Morgan fingerprint density at radius 2 is 1.95 bits per heavy atom. The quantitative estimate of drug-likeness (QED) is 0.684. The lowest BCUT2D eigenvalue weighted by Crippen LogP contribution is -1.96. The zero-order valence-corrected chi connectivity index (χ0v) is 11.8. The Morgan fingerprint density at radius 3 is 2.86 bits per heavy atom. The number of alkyl halides is 1. The zero-order valence-electron chi connectivity index (χ0n) is 11.1. The molecule has 5 heteroatoms. The molecule has 0 spiro atoms. The van der Waals surface area contributed by atoms with Crippen molar-refractivity contribution in [2.24, 2.45) is 0 Å². The number of fused-ring (bicyclic) bond motifs is 2. The molecule has 4 nitrogen and oxygen atoms in total. The number of oxazole rings is 1. The van der Waals surface area contributed by atoms with Crippen LogP contribution in [0.4, 0.5) is 0 Å². The van der Waals surface area contributed by atoms with Crippen molar-refractivity contribution in [2.75, 3.05) is 6.79 Å². The minimum atomic E-state index is -0.229. The highest BCUT2D eigenvalue weighted by Crippen LogP contribution is 2.36. The summed E-state index contributed by atoms with van der Waals surface area (Å²) in [5.41, 5.74) is 2.59. The highest BCUT2D eigenvalue weighted by molar-refractivity contribution is 6.20. The van der Waals surface area contributed by atoms with Crippen molar-refractivity contribution in [1.82, 2.24) is 4.98 Å². The highest BCUT2D eigenvalue weighted by Gasteiger charge is 2.18. The zero-order chi connectivity index (χ0) is 14.2. The largest absolute Gasteiger partial charge is 0.454 e. The lowest BCUT2D eigenvalue weighted by Gasteiger charge is -2.08. The second kappa shape index (κ2) is 4.97. The van der Waals surface area contributed by atoms with E-state index in [0.717, 1.165) is 28.2 Å². The van der Waals surface area contributed by atoms with Crippen LogP contribution in [0.3, 0.4) is 0 Å². The molecule has 0 radical (unpaired) electrons. The molecular weight excluding hydrogens is 290 g/mol. The number of aromatic nitrogens is 1. The fourth-order valence-electron chi connectivity index (χ4n) is 2.39. The topological polar surface area (TPSA) is 44.5 Å². The van der Waals surface area contributed by atoms with Crippen LogP contribution in [0.15, 0.2) is 46.9 Å². The molecule has 4 rings (SSSR count). The summed E-state index contributed by atoms with van der Waals surface area (Å²) in [5.74, 6) is 2.12. The lowest BCUT2D eigenvalue weighted by atomic mass is 10.1. The summed E-state index contributed by atoms with van der Waals surface area (Å²) in [4.78, 5) is 4.44. The molecule has 0 saturated heterocycles. The molecule has 0 fully saturated rings. The Hall–Kier alpha value is -2.20. The smallest absolute Gasteiger partial charge is 0.231 e. The van der Waals surface area contributed by atoms with Crippen molar-refractivity contribution in [3.05, 3.63) is 53.9 Å². The number of hydrogen-bond acceptors (Lipinski definition) is 4. The van der Waals surface area contributed by atoms with Gasteiger partial charge in [-0.15, -0.1) is 11.6 Å². The van der Waals surface area contributed by atoms with E-state index in [9.17, 15) is 0 Å². The summed E-state index contributed by atoms with van der Waals surface area (Å²) in [6.45, 7) is 0.261. The average Bonchev–Trinajstić information content (AvgIpc) is 3.11. The van der Waals surface area contributed by atoms with E-state index in [1.54, 1.807) is 0 Å². The molecule has 21 heavy (non-hydrogen) atoms. The van der Waals surface area contributed by atoms with Gasteiger partial charge in [0.2, 0.25) is 6.79 Å². The minimum absolute atomic E-state index is 0.229. The third-order valence-electron chi connectivity index (χ3n) is 3.45. The van der Waals surface area contributed by atoms with E-state index in [0.29, 0.717) is 12.3 Å². The molecule has 0 amide bonds. The molecule has 0 saturated carbocycles. The predicted molar refractivity (Wildman–Crippen MR) is 78.9 cm³/mol. The van der Waals surface area contributed by atoms with E-state index in [-0.39, 0.29) is 12.2 Å². The molecule has 0 aliphatic carbocycles. The molecule has 2 heterocycles. The van der Waals surface area contributed by atoms with Crippen LogP contribution >= 0.6 is 11.6 Å². The van der Waals surface area contributed by atoms with Crippen LogP contribution in [0, 0.1) is 0 Å². The SMILES string of the molecule is ClC(Cc1nc2ccccc2o1)c1ccc2c(c1)OCO2. The maximum absolute atomic E-state index is 6.47. The Bertz CT molecular complexity index is 766. The van der Waals surface area contributed by atoms with E-state index in [1.807, 2.05) is 42.5 Å². The second-order valence-corrected chi connectivity index (χ2v) is 5.39. The third kappa shape index (κ3) is 2.32. The van der Waals surface area contributed by atoms with Crippen molar-refractivity contribution in [3.8, 4) is 11.5 Å². The maximum atomic E-state index is 6.47. The van der Waals surface area contributed by atoms with Crippen LogP contribution in [-0.4, -0.2) is 11.8 Å². The first-order valence-electron chi connectivity index (χ1n) is 6.68. The molecule has 1 unspecified atom stereocenters. The summed E-state index contributed by atoms with van der Waals surface area (Å²) in [6, 6.07) is 13.4. The fourth-order valence-corrected chi connectivity index (χ4v) is 2.65. The first-order chi connectivity index (χ1) is 10.3. The van der Waals surface area contributed by atoms with Crippen LogP contribution in [0.25, 0.3) is 11.1 Å². The van der Waals surface area contributed by atoms with Gasteiger partial charge in [-0.25, -0.2) is 4.98 Å². The van der Waals surface area contributed by atoms with Crippen molar-refractivity contribution in [2.45, 2.75) is 11.8 Å². The maximum Gasteiger partial charge on any atom is 0.231 e. The number of benzene rings is 2. The van der Waals surface area contributed by atoms with Gasteiger partial charge >= 0.3 is 0 Å². The number of hydrogen-bond donors (Lipinski definition) is 0. The Morgan fingerprint density at radius 1 is 1.10 bits per heavy atom. The predicted octanol–water partition coefficient (Wildman–Crippen LogP) is 4.08. The fraction of sp³-hybridized carbons (Fsp3) is 0.188. The van der Waals surface area contributed by atoms with E-state index in [2.05, 4.69) is 4.98 Å². The number of nitrogens with zero attached hydrogens (tertiary/aromatic N) is 1. The first-order valence-corrected chi connectivity index (χ1v) is 7.11. The van der Waals surface area contributed by atoms with Gasteiger partial charge in [-0.05, 0) is 29.8 Å². The second-order valence-electron chi connectivity index (χ2n) is 4.86. The third-order valence-corrected chi connectivity index (χ3v) is 3.86. The van der Waals surface area contributed by atoms with Crippen LogP contribution in [0.1, 0.15) is 16.8 Å². The van der Waals surface area contributed by atoms with Crippen molar-refractivity contribution < 1.29 is 13.9 Å². The van der Waals surface area contributed by atoms with E-state index >= 15 is 0 Å². The van der Waals surface area contributed by atoms with Gasteiger partial charge in [0.25, 0.3) is 0 Å². The van der Waals surface area contributed by atoms with Crippen LogP contribution in [0.5, 0.6) is 11.5 Å². The highest BCUT2D eigenvalue weighted by atomic mass is 35.5. The summed E-state index contributed by atoms with van der Waals surface area (Å²) < 4.78 is 16.4. The Balaban J connectivity index is 1.58. The van der Waals surface area contributed by atoms with Gasteiger partial charge in [-0.2, -0.15) is 0 Å². The molecule has 3 aromatic rings. The van der Waals surface area contributed by atoms with E-state index in [1.165, 1.54) is 0 Å². The average molecular weight is 302 g/mol. The molecule has 1 aliphatic rings. The number of halogens is 1. The van der Waals surface area contributed by atoms with Gasteiger partial charge in [-0.3, -0.25) is 0 Å². The summed E-state index contributed by atoms with van der Waals surface area (Å²) in [7, 11) is 0. The van der Waals surface area contributed by atoms with Crippen LogP contribution in [-0.2, 0) is 6.42 Å². The minimum Gasteiger partial charge on any atom is -0.454 e. The standard InChI is InChI=1S/C16H12ClNO3/c17-11(10-5-6-14-15(7-10)20-9-19-14)8-16-18-12-3-1-2-4-13(12)21-16/h1-7,11H,8-9H2. The van der Waals surface area contributed by atoms with Crippen molar-refractivity contribution >= 4 is 22.7 Å². The molecule has 1 aromatic heterocycles. The number of para-hydroxylation sites is 2. The van der Waals surface area contributed by atoms with Gasteiger partial charge < -0.3 is 13.9 Å². The molecule has 2 aromatic carbocycles. The van der Waals surface area contributed by atoms with Crippen molar-refractivity contribution in [3.63, 3.8) is 0 Å². The Labute approximate surface area is 126 Å². The molecule has 0 bridgehead atoms. The number of rotatable bonds is 3. The monoisotopic (exact) mass is 301 g/mol. The molecule has 1 aliphatic heterocycles. The van der Waals surface area contributed by atoms with Crippen molar-refractivity contribution in [1.29, 1.82) is 0 Å². The summed E-state index contributed by atoms with van der Waals surface area (Å²) in [6.07, 6.45) is 0.524. The summed E-state index contributed by atoms with van der Waals surface area (Å²) in [5, 5.41) is -0.229. The normalized spacial score (nSPS) is 14.5.